The van der Waals surface area contributed by atoms with Crippen LogP contribution in [0.5, 0.6) is 0 Å². The summed E-state index contributed by atoms with van der Waals surface area (Å²) in [6.07, 6.45) is 2.44. The van der Waals surface area contributed by atoms with E-state index in [1.165, 1.54) is 7.11 Å². The zero-order chi connectivity index (χ0) is 13.5. The first-order chi connectivity index (χ1) is 8.60. The molecular formula is C14H20O3S. The number of carbonyl (C=O) groups excluding carboxylic acids is 1. The van der Waals surface area contributed by atoms with Gasteiger partial charge in [-0.25, -0.2) is 0 Å². The lowest BCUT2D eigenvalue weighted by Gasteiger charge is -2.14. The molecule has 0 spiro atoms. The quantitative estimate of drug-likeness (QED) is 0.745. The summed E-state index contributed by atoms with van der Waals surface area (Å²) in [7, 11) is 0.00452. The Balaban J connectivity index is 2.91. The number of benzene rings is 1. The van der Waals surface area contributed by atoms with Gasteiger partial charge >= 0.3 is 5.97 Å². The normalized spacial score (nSPS) is 13.9. The Morgan fingerprint density at radius 1 is 1.44 bits per heavy atom. The summed E-state index contributed by atoms with van der Waals surface area (Å²) in [5.74, 6) is -0.386. The standard InChI is InChI=1S/C14H20O3S/c1-4-5-9-13(14(15)17-3)18(16)12-8-6-7-11(2)10-12/h6-8,10,13H,4-5,9H2,1-3H3. The Morgan fingerprint density at radius 2 is 2.17 bits per heavy atom. The second-order valence-electron chi connectivity index (χ2n) is 4.27. The van der Waals surface area contributed by atoms with Crippen LogP contribution in [0.25, 0.3) is 0 Å². The summed E-state index contributed by atoms with van der Waals surface area (Å²) in [6.45, 7) is 3.99. The number of esters is 1. The van der Waals surface area contributed by atoms with Gasteiger partial charge in [0.1, 0.15) is 5.25 Å². The number of hydrogen-bond donors (Lipinski definition) is 0. The summed E-state index contributed by atoms with van der Waals surface area (Å²) < 4.78 is 17.2. The Labute approximate surface area is 111 Å². The number of unbranched alkanes of at least 4 members (excludes halogenated alkanes) is 1. The predicted octanol–water partition coefficient (Wildman–Crippen LogP) is 2.83. The number of hydrogen-bond acceptors (Lipinski definition) is 3. The molecule has 0 aliphatic carbocycles. The lowest BCUT2D eigenvalue weighted by Crippen LogP contribution is -2.27. The van der Waals surface area contributed by atoms with E-state index in [2.05, 4.69) is 0 Å². The predicted molar refractivity (Wildman–Crippen MR) is 72.9 cm³/mol. The van der Waals surface area contributed by atoms with Crippen molar-refractivity contribution in [3.05, 3.63) is 29.8 Å². The molecule has 0 aliphatic rings. The van der Waals surface area contributed by atoms with Crippen molar-refractivity contribution >= 4 is 16.8 Å². The lowest BCUT2D eigenvalue weighted by atomic mass is 10.2. The van der Waals surface area contributed by atoms with Crippen molar-refractivity contribution in [2.75, 3.05) is 7.11 Å². The molecule has 0 saturated heterocycles. The van der Waals surface area contributed by atoms with Crippen LogP contribution in [-0.4, -0.2) is 22.5 Å². The molecule has 2 atom stereocenters. The lowest BCUT2D eigenvalue weighted by molar-refractivity contribution is -0.140. The highest BCUT2D eigenvalue weighted by molar-refractivity contribution is 7.86. The molecule has 1 aromatic carbocycles. The number of methoxy groups -OCH3 is 1. The van der Waals surface area contributed by atoms with Gasteiger partial charge in [0.2, 0.25) is 0 Å². The Hall–Kier alpha value is -1.16. The van der Waals surface area contributed by atoms with Gasteiger partial charge in [-0.3, -0.25) is 9.00 Å². The van der Waals surface area contributed by atoms with Gasteiger partial charge < -0.3 is 4.74 Å². The summed E-state index contributed by atoms with van der Waals surface area (Å²) in [6, 6.07) is 7.46. The first-order valence-electron chi connectivity index (χ1n) is 6.15. The monoisotopic (exact) mass is 268 g/mol. The van der Waals surface area contributed by atoms with Crippen LogP contribution in [0.1, 0.15) is 31.7 Å². The second-order valence-corrected chi connectivity index (χ2v) is 5.90. The molecule has 1 aromatic rings. The number of ether oxygens (including phenoxy) is 1. The van der Waals surface area contributed by atoms with Gasteiger partial charge in [-0.1, -0.05) is 31.9 Å². The molecule has 0 N–H and O–H groups in total. The van der Waals surface area contributed by atoms with Crippen molar-refractivity contribution in [2.24, 2.45) is 0 Å². The highest BCUT2D eigenvalue weighted by atomic mass is 32.2. The van der Waals surface area contributed by atoms with Crippen molar-refractivity contribution in [3.63, 3.8) is 0 Å². The van der Waals surface area contributed by atoms with Gasteiger partial charge in [0, 0.05) is 4.90 Å². The minimum atomic E-state index is -1.34. The first-order valence-corrected chi connectivity index (χ1v) is 7.36. The Kier molecular flexibility index (Phi) is 6.05. The fourth-order valence-corrected chi connectivity index (χ4v) is 3.23. The van der Waals surface area contributed by atoms with Crippen molar-refractivity contribution in [2.45, 2.75) is 43.3 Å². The molecule has 1 rings (SSSR count). The molecule has 100 valence electrons. The Morgan fingerprint density at radius 3 is 2.72 bits per heavy atom. The molecule has 0 saturated carbocycles. The maximum Gasteiger partial charge on any atom is 0.321 e. The van der Waals surface area contributed by atoms with Gasteiger partial charge in [-0.05, 0) is 31.0 Å². The zero-order valence-electron chi connectivity index (χ0n) is 11.1. The fraction of sp³-hybridized carbons (Fsp3) is 0.500. The summed E-state index contributed by atoms with van der Waals surface area (Å²) in [5.41, 5.74) is 1.04. The minimum Gasteiger partial charge on any atom is -0.468 e. The zero-order valence-corrected chi connectivity index (χ0v) is 12.0. The molecule has 0 bridgehead atoms. The summed E-state index contributed by atoms with van der Waals surface area (Å²) in [5, 5.41) is -0.559. The average molecular weight is 268 g/mol. The van der Waals surface area contributed by atoms with Crippen LogP contribution in [0.4, 0.5) is 0 Å². The molecular weight excluding hydrogens is 248 g/mol. The molecule has 2 unspecified atom stereocenters. The number of carbonyl (C=O) groups is 1. The highest BCUT2D eigenvalue weighted by Gasteiger charge is 2.26. The maximum absolute atomic E-state index is 12.4. The van der Waals surface area contributed by atoms with Crippen molar-refractivity contribution in [1.82, 2.24) is 0 Å². The third-order valence-electron chi connectivity index (χ3n) is 2.76. The molecule has 0 fully saturated rings. The smallest absolute Gasteiger partial charge is 0.321 e. The van der Waals surface area contributed by atoms with Gasteiger partial charge in [0.15, 0.2) is 0 Å². The van der Waals surface area contributed by atoms with Crippen molar-refractivity contribution in [3.8, 4) is 0 Å². The van der Waals surface area contributed by atoms with Gasteiger partial charge in [-0.15, -0.1) is 0 Å². The number of rotatable bonds is 6. The maximum atomic E-state index is 12.4. The van der Waals surface area contributed by atoms with E-state index in [1.807, 2.05) is 32.0 Å². The van der Waals surface area contributed by atoms with E-state index in [0.717, 1.165) is 18.4 Å². The van der Waals surface area contributed by atoms with Crippen molar-refractivity contribution < 1.29 is 13.7 Å². The van der Waals surface area contributed by atoms with E-state index >= 15 is 0 Å². The first kappa shape index (κ1) is 14.9. The van der Waals surface area contributed by atoms with Crippen LogP contribution >= 0.6 is 0 Å². The molecule has 0 aliphatic heterocycles. The van der Waals surface area contributed by atoms with E-state index in [-0.39, 0.29) is 5.97 Å². The molecule has 4 heteroatoms. The second kappa shape index (κ2) is 7.31. The molecule has 0 heterocycles. The largest absolute Gasteiger partial charge is 0.468 e. The van der Waals surface area contributed by atoms with Gasteiger partial charge in [0.25, 0.3) is 0 Å². The van der Waals surface area contributed by atoms with Crippen LogP contribution in [0.3, 0.4) is 0 Å². The van der Waals surface area contributed by atoms with E-state index in [9.17, 15) is 9.00 Å². The summed E-state index contributed by atoms with van der Waals surface area (Å²) >= 11 is 0. The van der Waals surface area contributed by atoms with Crippen LogP contribution < -0.4 is 0 Å². The third-order valence-corrected chi connectivity index (χ3v) is 4.43. The highest BCUT2D eigenvalue weighted by Crippen LogP contribution is 2.18. The van der Waals surface area contributed by atoms with Crippen LogP contribution in [0.15, 0.2) is 29.2 Å². The van der Waals surface area contributed by atoms with E-state index in [4.69, 9.17) is 4.74 Å². The molecule has 0 radical (unpaired) electrons. The Bertz CT molecular complexity index is 429. The molecule has 0 aromatic heterocycles. The topological polar surface area (TPSA) is 43.4 Å². The van der Waals surface area contributed by atoms with Crippen LogP contribution in [0.2, 0.25) is 0 Å². The molecule has 3 nitrogen and oxygen atoms in total. The summed E-state index contributed by atoms with van der Waals surface area (Å²) in [4.78, 5) is 12.4. The van der Waals surface area contributed by atoms with E-state index in [0.29, 0.717) is 11.3 Å². The van der Waals surface area contributed by atoms with Gasteiger partial charge in [-0.2, -0.15) is 0 Å². The molecule has 0 amide bonds. The van der Waals surface area contributed by atoms with Crippen LogP contribution in [-0.2, 0) is 20.3 Å². The molecule has 18 heavy (non-hydrogen) atoms. The number of aryl methyl sites for hydroxylation is 1. The van der Waals surface area contributed by atoms with E-state index < -0.39 is 16.0 Å². The third kappa shape index (κ3) is 3.95. The average Bonchev–Trinajstić information content (AvgIpc) is 2.38. The van der Waals surface area contributed by atoms with Crippen molar-refractivity contribution in [1.29, 1.82) is 0 Å². The SMILES string of the molecule is CCCCC(C(=O)OC)S(=O)c1cccc(C)c1. The van der Waals surface area contributed by atoms with Gasteiger partial charge in [0.05, 0.1) is 17.9 Å². The van der Waals surface area contributed by atoms with E-state index in [1.54, 1.807) is 6.07 Å². The van der Waals surface area contributed by atoms with Crippen LogP contribution in [0, 0.1) is 6.92 Å². The fourth-order valence-electron chi connectivity index (χ4n) is 1.74. The minimum absolute atomic E-state index is 0.386.